The predicted molar refractivity (Wildman–Crippen MR) is 142 cm³/mol. The molecule has 0 saturated carbocycles. The van der Waals surface area contributed by atoms with E-state index in [4.69, 9.17) is 18.9 Å². The van der Waals surface area contributed by atoms with E-state index in [1.54, 1.807) is 0 Å². The van der Waals surface area contributed by atoms with Gasteiger partial charge in [0, 0.05) is 19.5 Å². The first-order valence-corrected chi connectivity index (χ1v) is 12.3. The molecule has 0 atom stereocenters. The normalized spacial score (nSPS) is 12.9. The monoisotopic (exact) mass is 487 g/mol. The fraction of sp³-hybridized carbons (Fsp3) is 0.300. The van der Waals surface area contributed by atoms with Crippen LogP contribution in [0.4, 0.5) is 0 Å². The lowest BCUT2D eigenvalue weighted by Gasteiger charge is -2.17. The van der Waals surface area contributed by atoms with Gasteiger partial charge in [0.25, 0.3) is 0 Å². The molecule has 0 radical (unpaired) electrons. The van der Waals surface area contributed by atoms with Crippen LogP contribution >= 0.6 is 0 Å². The van der Waals surface area contributed by atoms with Crippen molar-refractivity contribution in [2.24, 2.45) is 0 Å². The van der Waals surface area contributed by atoms with Gasteiger partial charge in [-0.15, -0.1) is 0 Å². The first-order chi connectivity index (χ1) is 17.4. The summed E-state index contributed by atoms with van der Waals surface area (Å²) < 4.78 is 22.3. The van der Waals surface area contributed by atoms with E-state index in [9.17, 15) is 4.79 Å². The van der Waals surface area contributed by atoms with Crippen LogP contribution in [0.2, 0.25) is 0 Å². The summed E-state index contributed by atoms with van der Waals surface area (Å²) in [6, 6.07) is 22.3. The van der Waals surface area contributed by atoms with E-state index in [1.165, 1.54) is 12.5 Å². The van der Waals surface area contributed by atoms with Crippen molar-refractivity contribution in [3.05, 3.63) is 83.4 Å². The number of rotatable bonds is 10. The molecule has 0 fully saturated rings. The molecule has 1 aliphatic rings. The molecule has 36 heavy (non-hydrogen) atoms. The fourth-order valence-corrected chi connectivity index (χ4v) is 4.21. The minimum Gasteiger partial charge on any atom is -0.492 e. The van der Waals surface area contributed by atoms with E-state index in [0.29, 0.717) is 18.4 Å². The van der Waals surface area contributed by atoms with Gasteiger partial charge in [-0.25, -0.2) is 0 Å². The summed E-state index contributed by atoms with van der Waals surface area (Å²) in [5.74, 6) is 2.52. The van der Waals surface area contributed by atoms with Crippen LogP contribution in [0.5, 0.6) is 23.0 Å². The van der Waals surface area contributed by atoms with Crippen molar-refractivity contribution in [2.75, 3.05) is 19.9 Å². The summed E-state index contributed by atoms with van der Waals surface area (Å²) in [4.78, 5) is 11.4. The smallest absolute Gasteiger partial charge is 0.308 e. The molecule has 0 saturated heterocycles. The molecule has 0 bridgehead atoms. The molecule has 6 nitrogen and oxygen atoms in total. The predicted octanol–water partition coefficient (Wildman–Crippen LogP) is 6.09. The van der Waals surface area contributed by atoms with Crippen LogP contribution in [0.1, 0.15) is 50.8 Å². The van der Waals surface area contributed by atoms with Gasteiger partial charge in [0.15, 0.2) is 11.5 Å². The number of benzene rings is 3. The second-order valence-electron chi connectivity index (χ2n) is 8.87. The minimum absolute atomic E-state index is 0.239. The molecule has 1 aliphatic heterocycles. The number of hydrogen-bond acceptors (Lipinski definition) is 6. The Morgan fingerprint density at radius 1 is 0.889 bits per heavy atom. The summed E-state index contributed by atoms with van der Waals surface area (Å²) >= 11 is 0. The Morgan fingerprint density at radius 2 is 1.50 bits per heavy atom. The molecule has 0 amide bonds. The second kappa shape index (κ2) is 11.8. The summed E-state index contributed by atoms with van der Waals surface area (Å²) in [5, 5.41) is 3.36. The van der Waals surface area contributed by atoms with Gasteiger partial charge >= 0.3 is 5.97 Å². The van der Waals surface area contributed by atoms with E-state index < -0.39 is 0 Å². The van der Waals surface area contributed by atoms with Crippen molar-refractivity contribution in [2.45, 2.75) is 40.2 Å². The molecular formula is C30H33NO5. The van der Waals surface area contributed by atoms with Crippen molar-refractivity contribution in [3.8, 4) is 23.0 Å². The fourth-order valence-electron chi connectivity index (χ4n) is 4.21. The second-order valence-corrected chi connectivity index (χ2v) is 8.87. The Kier molecular flexibility index (Phi) is 8.28. The first kappa shape index (κ1) is 25.3. The number of nitrogens with one attached hydrogen (secondary N) is 1. The third kappa shape index (κ3) is 6.26. The zero-order valence-corrected chi connectivity index (χ0v) is 21.3. The first-order valence-electron chi connectivity index (χ1n) is 12.3. The Balaban J connectivity index is 1.71. The van der Waals surface area contributed by atoms with Crippen LogP contribution in [0.25, 0.3) is 11.1 Å². The summed E-state index contributed by atoms with van der Waals surface area (Å²) in [6.45, 7) is 9.42. The number of esters is 1. The Bertz CT molecular complexity index is 1210. The Morgan fingerprint density at radius 3 is 2.11 bits per heavy atom. The molecular weight excluding hydrogens is 454 g/mol. The zero-order valence-electron chi connectivity index (χ0n) is 21.3. The third-order valence-corrected chi connectivity index (χ3v) is 5.85. The number of fused-ring (bicyclic) bond motifs is 1. The highest BCUT2D eigenvalue weighted by Gasteiger charge is 2.18. The van der Waals surface area contributed by atoms with E-state index in [1.807, 2.05) is 48.5 Å². The van der Waals surface area contributed by atoms with Gasteiger partial charge in [0.2, 0.25) is 6.79 Å². The molecule has 1 heterocycles. The number of hydrogen-bond donors (Lipinski definition) is 1. The molecule has 4 rings (SSSR count). The summed E-state index contributed by atoms with van der Waals surface area (Å²) in [6.07, 6.45) is 0.805. The van der Waals surface area contributed by atoms with Gasteiger partial charge in [-0.2, -0.15) is 0 Å². The average Bonchev–Trinajstić information content (AvgIpc) is 3.34. The molecule has 3 aromatic rings. The molecule has 1 N–H and O–H groups in total. The SMILES string of the molecule is CCC(=C(c1ccc(OCCNC(C)C)cc1)c1ccc(OC(C)=O)cc1)c1ccc2c(c1)OCO2. The highest BCUT2D eigenvalue weighted by molar-refractivity contribution is 5.99. The van der Waals surface area contributed by atoms with E-state index in [0.717, 1.165) is 52.5 Å². The maximum atomic E-state index is 11.4. The standard InChI is InChI=1S/C30H33NO5/c1-5-27(24-10-15-28-29(18-24)35-19-34-28)30(23-8-13-26(14-9-23)36-21(4)32)22-6-11-25(12-7-22)33-17-16-31-20(2)3/h6-15,18,20,31H,5,16-17,19H2,1-4H3. The van der Waals surface area contributed by atoms with Crippen LogP contribution in [0.15, 0.2) is 66.7 Å². The Hall–Kier alpha value is -3.77. The van der Waals surface area contributed by atoms with Crippen molar-refractivity contribution in [3.63, 3.8) is 0 Å². The van der Waals surface area contributed by atoms with Gasteiger partial charge < -0.3 is 24.3 Å². The lowest BCUT2D eigenvalue weighted by Crippen LogP contribution is -2.27. The molecule has 6 heteroatoms. The zero-order chi connectivity index (χ0) is 25.5. The van der Waals surface area contributed by atoms with Crippen LogP contribution in [-0.4, -0.2) is 32.0 Å². The van der Waals surface area contributed by atoms with Gasteiger partial charge in [0.1, 0.15) is 18.1 Å². The van der Waals surface area contributed by atoms with E-state index >= 15 is 0 Å². The average molecular weight is 488 g/mol. The highest BCUT2D eigenvalue weighted by Crippen LogP contribution is 2.40. The van der Waals surface area contributed by atoms with Crippen LogP contribution in [0, 0.1) is 0 Å². The quantitative estimate of drug-likeness (QED) is 0.162. The lowest BCUT2D eigenvalue weighted by molar-refractivity contribution is -0.131. The molecule has 3 aromatic carbocycles. The maximum absolute atomic E-state index is 11.4. The van der Waals surface area contributed by atoms with Crippen LogP contribution in [-0.2, 0) is 4.79 Å². The molecule has 0 aliphatic carbocycles. The van der Waals surface area contributed by atoms with Crippen LogP contribution in [0.3, 0.4) is 0 Å². The summed E-state index contributed by atoms with van der Waals surface area (Å²) in [7, 11) is 0. The largest absolute Gasteiger partial charge is 0.492 e. The number of carbonyl (C=O) groups is 1. The third-order valence-electron chi connectivity index (χ3n) is 5.85. The number of ether oxygens (including phenoxy) is 4. The molecule has 0 aromatic heterocycles. The van der Waals surface area contributed by atoms with Gasteiger partial charge in [-0.05, 0) is 70.7 Å². The number of allylic oxidation sites excluding steroid dienone is 1. The maximum Gasteiger partial charge on any atom is 0.308 e. The van der Waals surface area contributed by atoms with Gasteiger partial charge in [-0.1, -0.05) is 51.1 Å². The Labute approximate surface area is 212 Å². The summed E-state index contributed by atoms with van der Waals surface area (Å²) in [5.41, 5.74) is 5.43. The van der Waals surface area contributed by atoms with E-state index in [-0.39, 0.29) is 12.8 Å². The lowest BCUT2D eigenvalue weighted by atomic mass is 9.88. The molecule has 0 unspecified atom stereocenters. The minimum atomic E-state index is -0.340. The van der Waals surface area contributed by atoms with Crippen LogP contribution < -0.4 is 24.3 Å². The molecule has 0 spiro atoms. The van der Waals surface area contributed by atoms with Crippen molar-refractivity contribution < 1.29 is 23.7 Å². The molecule has 188 valence electrons. The van der Waals surface area contributed by atoms with Gasteiger partial charge in [-0.3, -0.25) is 4.79 Å². The van der Waals surface area contributed by atoms with E-state index in [2.05, 4.69) is 44.3 Å². The van der Waals surface area contributed by atoms with Crippen molar-refractivity contribution in [1.82, 2.24) is 5.32 Å². The van der Waals surface area contributed by atoms with Crippen molar-refractivity contribution in [1.29, 1.82) is 0 Å². The topological polar surface area (TPSA) is 66.0 Å². The number of carbonyl (C=O) groups excluding carboxylic acids is 1. The van der Waals surface area contributed by atoms with Crippen molar-refractivity contribution >= 4 is 17.1 Å². The van der Waals surface area contributed by atoms with Gasteiger partial charge in [0.05, 0.1) is 0 Å². The highest BCUT2D eigenvalue weighted by atomic mass is 16.7.